The molecule has 4 heteroatoms. The van der Waals surface area contributed by atoms with Gasteiger partial charge in [0.05, 0.1) is 0 Å². The van der Waals surface area contributed by atoms with E-state index in [4.69, 9.17) is 5.73 Å². The molecule has 17 heavy (non-hydrogen) atoms. The van der Waals surface area contributed by atoms with E-state index in [0.717, 1.165) is 31.2 Å². The highest BCUT2D eigenvalue weighted by atomic mass is 16.1. The SMILES string of the molecule is Cc1ccnc(NC(=O)CC2(N)CCCC2)c1. The Morgan fingerprint density at radius 3 is 2.88 bits per heavy atom. The maximum absolute atomic E-state index is 11.9. The van der Waals surface area contributed by atoms with Crippen molar-refractivity contribution in [3.05, 3.63) is 23.9 Å². The average Bonchev–Trinajstić information content (AvgIpc) is 2.64. The van der Waals surface area contributed by atoms with Crippen LogP contribution in [0.1, 0.15) is 37.7 Å². The Kier molecular flexibility index (Phi) is 3.43. The largest absolute Gasteiger partial charge is 0.325 e. The number of hydrogen-bond donors (Lipinski definition) is 2. The number of anilines is 1. The molecule has 0 saturated heterocycles. The number of hydrogen-bond acceptors (Lipinski definition) is 3. The van der Waals surface area contributed by atoms with Gasteiger partial charge < -0.3 is 11.1 Å². The molecule has 1 aromatic rings. The fourth-order valence-corrected chi connectivity index (χ4v) is 2.37. The first-order valence-corrected chi connectivity index (χ1v) is 6.09. The highest BCUT2D eigenvalue weighted by Gasteiger charge is 2.31. The number of nitrogens with one attached hydrogen (secondary N) is 1. The summed E-state index contributed by atoms with van der Waals surface area (Å²) in [6, 6.07) is 3.76. The lowest BCUT2D eigenvalue weighted by molar-refractivity contribution is -0.117. The zero-order chi connectivity index (χ0) is 12.3. The quantitative estimate of drug-likeness (QED) is 0.839. The minimum absolute atomic E-state index is 0.0347. The average molecular weight is 233 g/mol. The van der Waals surface area contributed by atoms with E-state index in [9.17, 15) is 4.79 Å². The zero-order valence-corrected chi connectivity index (χ0v) is 10.2. The minimum atomic E-state index is -0.298. The van der Waals surface area contributed by atoms with Crippen LogP contribution in [0, 0.1) is 6.92 Å². The number of amides is 1. The van der Waals surface area contributed by atoms with Gasteiger partial charge in [-0.15, -0.1) is 0 Å². The van der Waals surface area contributed by atoms with Gasteiger partial charge in [-0.05, 0) is 37.5 Å². The molecular formula is C13H19N3O. The van der Waals surface area contributed by atoms with Crippen LogP contribution >= 0.6 is 0 Å². The summed E-state index contributed by atoms with van der Waals surface area (Å²) >= 11 is 0. The topological polar surface area (TPSA) is 68.0 Å². The molecule has 0 bridgehead atoms. The van der Waals surface area contributed by atoms with Crippen LogP contribution in [0.5, 0.6) is 0 Å². The third-order valence-corrected chi connectivity index (χ3v) is 3.29. The minimum Gasteiger partial charge on any atom is -0.325 e. The van der Waals surface area contributed by atoms with Crippen molar-refractivity contribution in [3.63, 3.8) is 0 Å². The van der Waals surface area contributed by atoms with Gasteiger partial charge in [-0.1, -0.05) is 12.8 Å². The van der Waals surface area contributed by atoms with Gasteiger partial charge in [0.15, 0.2) is 0 Å². The summed E-state index contributed by atoms with van der Waals surface area (Å²) in [6.45, 7) is 1.97. The Hall–Kier alpha value is -1.42. The zero-order valence-electron chi connectivity index (χ0n) is 10.2. The van der Waals surface area contributed by atoms with E-state index < -0.39 is 0 Å². The third kappa shape index (κ3) is 3.27. The van der Waals surface area contributed by atoms with E-state index in [2.05, 4.69) is 10.3 Å². The number of carbonyl (C=O) groups excluding carboxylic acids is 1. The molecule has 2 rings (SSSR count). The molecule has 0 atom stereocenters. The summed E-state index contributed by atoms with van der Waals surface area (Å²) in [5, 5.41) is 2.80. The molecule has 0 spiro atoms. The van der Waals surface area contributed by atoms with Crippen molar-refractivity contribution in [2.75, 3.05) is 5.32 Å². The van der Waals surface area contributed by atoms with Crippen molar-refractivity contribution in [1.29, 1.82) is 0 Å². The van der Waals surface area contributed by atoms with Gasteiger partial charge in [0.1, 0.15) is 5.82 Å². The van der Waals surface area contributed by atoms with Gasteiger partial charge in [-0.3, -0.25) is 4.79 Å². The van der Waals surface area contributed by atoms with Gasteiger partial charge in [0, 0.05) is 18.2 Å². The van der Waals surface area contributed by atoms with E-state index in [-0.39, 0.29) is 11.4 Å². The van der Waals surface area contributed by atoms with E-state index in [0.29, 0.717) is 12.2 Å². The van der Waals surface area contributed by atoms with E-state index in [1.54, 1.807) is 6.20 Å². The summed E-state index contributed by atoms with van der Waals surface area (Å²) in [4.78, 5) is 16.0. The number of aryl methyl sites for hydroxylation is 1. The molecule has 0 radical (unpaired) electrons. The Balaban J connectivity index is 1.93. The molecule has 0 aromatic carbocycles. The molecular weight excluding hydrogens is 214 g/mol. The molecule has 1 aromatic heterocycles. The van der Waals surface area contributed by atoms with E-state index in [1.165, 1.54) is 0 Å². The first-order valence-electron chi connectivity index (χ1n) is 6.09. The Morgan fingerprint density at radius 2 is 2.24 bits per heavy atom. The van der Waals surface area contributed by atoms with Crippen molar-refractivity contribution >= 4 is 11.7 Å². The highest BCUT2D eigenvalue weighted by molar-refractivity contribution is 5.90. The Bertz CT molecular complexity index is 411. The maximum Gasteiger partial charge on any atom is 0.227 e. The maximum atomic E-state index is 11.9. The first kappa shape index (κ1) is 12.0. The van der Waals surface area contributed by atoms with Crippen molar-refractivity contribution < 1.29 is 4.79 Å². The fourth-order valence-electron chi connectivity index (χ4n) is 2.37. The Labute approximate surface area is 102 Å². The van der Waals surface area contributed by atoms with Crippen LogP contribution in [-0.4, -0.2) is 16.4 Å². The summed E-state index contributed by atoms with van der Waals surface area (Å²) in [5.41, 5.74) is 6.95. The molecule has 0 unspecified atom stereocenters. The second-order valence-corrected chi connectivity index (χ2v) is 5.01. The van der Waals surface area contributed by atoms with E-state index in [1.807, 2.05) is 19.1 Å². The van der Waals surface area contributed by atoms with Crippen LogP contribution in [-0.2, 0) is 4.79 Å². The highest BCUT2D eigenvalue weighted by Crippen LogP contribution is 2.30. The lowest BCUT2D eigenvalue weighted by atomic mass is 9.94. The number of carbonyl (C=O) groups is 1. The third-order valence-electron chi connectivity index (χ3n) is 3.29. The van der Waals surface area contributed by atoms with Crippen molar-refractivity contribution in [3.8, 4) is 0 Å². The summed E-state index contributed by atoms with van der Waals surface area (Å²) in [7, 11) is 0. The predicted molar refractivity (Wildman–Crippen MR) is 67.6 cm³/mol. The molecule has 1 aliphatic rings. The number of pyridine rings is 1. The van der Waals surface area contributed by atoms with Crippen LogP contribution < -0.4 is 11.1 Å². The summed E-state index contributed by atoms with van der Waals surface area (Å²) < 4.78 is 0. The van der Waals surface area contributed by atoms with E-state index >= 15 is 0 Å². The van der Waals surface area contributed by atoms with Crippen LogP contribution in [0.2, 0.25) is 0 Å². The van der Waals surface area contributed by atoms with Gasteiger partial charge in [-0.25, -0.2) is 4.98 Å². The molecule has 1 saturated carbocycles. The summed E-state index contributed by atoms with van der Waals surface area (Å²) in [5.74, 6) is 0.573. The molecule has 1 amide bonds. The number of nitrogens with two attached hydrogens (primary N) is 1. The molecule has 1 aliphatic carbocycles. The lowest BCUT2D eigenvalue weighted by Crippen LogP contribution is -2.40. The molecule has 4 nitrogen and oxygen atoms in total. The van der Waals surface area contributed by atoms with Gasteiger partial charge in [-0.2, -0.15) is 0 Å². The lowest BCUT2D eigenvalue weighted by Gasteiger charge is -2.22. The van der Waals surface area contributed by atoms with Crippen LogP contribution in [0.3, 0.4) is 0 Å². The van der Waals surface area contributed by atoms with Crippen molar-refractivity contribution in [2.24, 2.45) is 5.73 Å². The second-order valence-electron chi connectivity index (χ2n) is 5.01. The molecule has 0 aliphatic heterocycles. The number of nitrogens with zero attached hydrogens (tertiary/aromatic N) is 1. The fraction of sp³-hybridized carbons (Fsp3) is 0.538. The van der Waals surface area contributed by atoms with Crippen LogP contribution in [0.4, 0.5) is 5.82 Å². The van der Waals surface area contributed by atoms with Crippen LogP contribution in [0.15, 0.2) is 18.3 Å². The molecule has 1 heterocycles. The van der Waals surface area contributed by atoms with Gasteiger partial charge in [0.2, 0.25) is 5.91 Å². The molecule has 92 valence electrons. The smallest absolute Gasteiger partial charge is 0.227 e. The normalized spacial score (nSPS) is 18.0. The van der Waals surface area contributed by atoms with Crippen LogP contribution in [0.25, 0.3) is 0 Å². The second kappa shape index (κ2) is 4.84. The Morgan fingerprint density at radius 1 is 1.53 bits per heavy atom. The standard InChI is InChI=1S/C13H19N3O/c1-10-4-7-15-11(8-10)16-12(17)9-13(14)5-2-3-6-13/h4,7-8H,2-3,5-6,9,14H2,1H3,(H,15,16,17). The predicted octanol–water partition coefficient (Wildman–Crippen LogP) is 1.99. The monoisotopic (exact) mass is 233 g/mol. The molecule has 1 fully saturated rings. The van der Waals surface area contributed by atoms with Crippen molar-refractivity contribution in [2.45, 2.75) is 44.6 Å². The van der Waals surface area contributed by atoms with Gasteiger partial charge >= 0.3 is 0 Å². The van der Waals surface area contributed by atoms with Crippen molar-refractivity contribution in [1.82, 2.24) is 4.98 Å². The van der Waals surface area contributed by atoms with Gasteiger partial charge in [0.25, 0.3) is 0 Å². The molecule has 3 N–H and O–H groups in total. The number of rotatable bonds is 3. The first-order chi connectivity index (χ1) is 8.07. The number of aromatic nitrogens is 1. The summed E-state index contributed by atoms with van der Waals surface area (Å²) in [6.07, 6.45) is 6.24.